The number of amides is 1. The largest absolute Gasteiger partial charge is 0.465 e. The average Bonchev–Trinajstić information content (AvgIpc) is 2.90. The Morgan fingerprint density at radius 1 is 0.622 bits per heavy atom. The molecule has 0 aliphatic heterocycles. The highest BCUT2D eigenvalue weighted by molar-refractivity contribution is 5.98. The minimum Gasteiger partial charge on any atom is -0.465 e. The summed E-state index contributed by atoms with van der Waals surface area (Å²) >= 11 is 0. The van der Waals surface area contributed by atoms with Crippen LogP contribution in [-0.4, -0.2) is 49.6 Å². The van der Waals surface area contributed by atoms with Crippen LogP contribution in [0.5, 0.6) is 0 Å². The number of anilines is 1. The van der Waals surface area contributed by atoms with Crippen LogP contribution in [-0.2, 0) is 14.3 Å². The number of hydrogen-bond donors (Lipinski definition) is 0. The van der Waals surface area contributed by atoms with E-state index in [9.17, 15) is 9.59 Å². The zero-order chi connectivity index (χ0) is 27.0. The first kappa shape index (κ1) is 33.1. The van der Waals surface area contributed by atoms with Crippen molar-refractivity contribution in [3.8, 4) is 0 Å². The molecule has 0 unspecified atom stereocenters. The molecule has 0 aliphatic rings. The Balaban J connectivity index is 2.63. The van der Waals surface area contributed by atoms with Gasteiger partial charge in [-0.05, 0) is 45.0 Å². The van der Waals surface area contributed by atoms with E-state index in [0.717, 1.165) is 31.6 Å². The van der Waals surface area contributed by atoms with E-state index in [1.807, 2.05) is 30.3 Å². The lowest BCUT2D eigenvalue weighted by molar-refractivity contribution is -0.142. The second-order valence-corrected chi connectivity index (χ2v) is 10.3. The van der Waals surface area contributed by atoms with Crippen LogP contribution in [0.4, 0.5) is 5.69 Å². The Kier molecular flexibility index (Phi) is 20.8. The van der Waals surface area contributed by atoms with Crippen LogP contribution >= 0.6 is 0 Å². The van der Waals surface area contributed by atoms with E-state index >= 15 is 0 Å². The quantitative estimate of drug-likeness (QED) is 0.103. The third kappa shape index (κ3) is 17.3. The molecule has 0 saturated heterocycles. The molecule has 5 heteroatoms. The summed E-state index contributed by atoms with van der Waals surface area (Å²) in [5.74, 6) is -0.393. The number of carbonyl (C=O) groups excluding carboxylic acids is 2. The Bertz CT molecular complexity index is 660. The first-order chi connectivity index (χ1) is 18.1. The van der Waals surface area contributed by atoms with Gasteiger partial charge >= 0.3 is 5.97 Å². The number of para-hydroxylation sites is 1. The van der Waals surface area contributed by atoms with Crippen LogP contribution in [0.3, 0.4) is 0 Å². The second-order valence-electron chi connectivity index (χ2n) is 10.3. The zero-order valence-corrected chi connectivity index (χ0v) is 24.4. The summed E-state index contributed by atoms with van der Waals surface area (Å²) in [5, 5.41) is 0. The maximum Gasteiger partial charge on any atom is 0.326 e. The highest BCUT2D eigenvalue weighted by atomic mass is 16.5. The summed E-state index contributed by atoms with van der Waals surface area (Å²) in [7, 11) is 0. The molecule has 0 fully saturated rings. The molecular formula is C32H56N2O3. The number of esters is 1. The van der Waals surface area contributed by atoms with E-state index in [1.54, 1.807) is 11.8 Å². The Hall–Kier alpha value is -1.88. The summed E-state index contributed by atoms with van der Waals surface area (Å²) in [6.45, 7) is 8.82. The Labute approximate surface area is 228 Å². The summed E-state index contributed by atoms with van der Waals surface area (Å²) < 4.78 is 5.16. The van der Waals surface area contributed by atoms with Crippen LogP contribution in [0.1, 0.15) is 124 Å². The molecule has 37 heavy (non-hydrogen) atoms. The van der Waals surface area contributed by atoms with Gasteiger partial charge in [0.25, 0.3) is 0 Å². The van der Waals surface area contributed by atoms with E-state index in [2.05, 4.69) is 18.7 Å². The topological polar surface area (TPSA) is 49.9 Å². The van der Waals surface area contributed by atoms with E-state index in [0.29, 0.717) is 13.2 Å². The van der Waals surface area contributed by atoms with Gasteiger partial charge in [0, 0.05) is 5.69 Å². The fourth-order valence-electron chi connectivity index (χ4n) is 4.75. The SMILES string of the molecule is CCCCCCCCCCN(CCCCCCCCCC)CC(=O)N(CC(=O)OCC)c1ccccc1. The van der Waals surface area contributed by atoms with Crippen molar-refractivity contribution in [2.45, 2.75) is 124 Å². The van der Waals surface area contributed by atoms with Crippen LogP contribution in [0.2, 0.25) is 0 Å². The molecule has 1 amide bonds. The molecule has 1 aromatic rings. The lowest BCUT2D eigenvalue weighted by Gasteiger charge is -2.27. The number of rotatable bonds is 24. The van der Waals surface area contributed by atoms with Gasteiger partial charge in [0.2, 0.25) is 5.91 Å². The fraction of sp³-hybridized carbons (Fsp3) is 0.750. The second kappa shape index (κ2) is 23.3. The number of ether oxygens (including phenoxy) is 1. The van der Waals surface area contributed by atoms with E-state index < -0.39 is 0 Å². The third-order valence-corrected chi connectivity index (χ3v) is 6.98. The molecule has 0 N–H and O–H groups in total. The summed E-state index contributed by atoms with van der Waals surface area (Å²) in [6.07, 6.45) is 20.5. The Morgan fingerprint density at radius 2 is 1.08 bits per heavy atom. The molecule has 0 spiro atoms. The van der Waals surface area contributed by atoms with Crippen LogP contribution in [0.25, 0.3) is 0 Å². The monoisotopic (exact) mass is 516 g/mol. The standard InChI is InChI=1S/C32H56N2O3/c1-4-7-9-11-13-15-17-22-26-33(27-23-18-16-14-12-10-8-5-2)28-31(35)34(29-32(36)37-6-3)30-24-20-19-21-25-30/h19-21,24-25H,4-18,22-23,26-29H2,1-3H3. The van der Waals surface area contributed by atoms with Crippen molar-refractivity contribution in [2.75, 3.05) is 37.7 Å². The van der Waals surface area contributed by atoms with Gasteiger partial charge in [0.15, 0.2) is 0 Å². The molecule has 0 radical (unpaired) electrons. The van der Waals surface area contributed by atoms with Crippen molar-refractivity contribution in [3.63, 3.8) is 0 Å². The molecule has 0 aliphatic carbocycles. The molecule has 212 valence electrons. The minimum absolute atomic E-state index is 0.0293. The molecule has 0 heterocycles. The van der Waals surface area contributed by atoms with Gasteiger partial charge in [-0.15, -0.1) is 0 Å². The van der Waals surface area contributed by atoms with Crippen molar-refractivity contribution >= 4 is 17.6 Å². The lowest BCUT2D eigenvalue weighted by atomic mass is 10.1. The Morgan fingerprint density at radius 3 is 1.54 bits per heavy atom. The van der Waals surface area contributed by atoms with Crippen LogP contribution in [0.15, 0.2) is 30.3 Å². The molecule has 0 bridgehead atoms. The number of carbonyl (C=O) groups is 2. The van der Waals surface area contributed by atoms with E-state index in [4.69, 9.17) is 4.74 Å². The van der Waals surface area contributed by atoms with Gasteiger partial charge in [-0.3, -0.25) is 14.5 Å². The molecule has 0 saturated carbocycles. The van der Waals surface area contributed by atoms with E-state index in [-0.39, 0.29) is 18.4 Å². The predicted octanol–water partition coefficient (Wildman–Crippen LogP) is 8.17. The number of unbranched alkanes of at least 4 members (excludes halogenated alkanes) is 14. The van der Waals surface area contributed by atoms with Gasteiger partial charge in [-0.25, -0.2) is 0 Å². The number of benzene rings is 1. The smallest absolute Gasteiger partial charge is 0.326 e. The number of hydrogen-bond acceptors (Lipinski definition) is 4. The van der Waals surface area contributed by atoms with Gasteiger partial charge in [0.1, 0.15) is 6.54 Å². The minimum atomic E-state index is -0.364. The maximum atomic E-state index is 13.4. The van der Waals surface area contributed by atoms with Gasteiger partial charge in [-0.1, -0.05) is 122 Å². The van der Waals surface area contributed by atoms with Crippen LogP contribution in [0, 0.1) is 0 Å². The molecule has 0 atom stereocenters. The third-order valence-electron chi connectivity index (χ3n) is 6.98. The summed E-state index contributed by atoms with van der Waals surface area (Å²) in [4.78, 5) is 29.6. The number of nitrogens with zero attached hydrogens (tertiary/aromatic N) is 2. The normalized spacial score (nSPS) is 11.1. The lowest BCUT2D eigenvalue weighted by Crippen LogP contribution is -2.44. The molecule has 1 rings (SSSR count). The van der Waals surface area contributed by atoms with Crippen molar-refractivity contribution in [1.82, 2.24) is 4.90 Å². The average molecular weight is 517 g/mol. The van der Waals surface area contributed by atoms with Crippen molar-refractivity contribution < 1.29 is 14.3 Å². The molecule has 5 nitrogen and oxygen atoms in total. The summed E-state index contributed by atoms with van der Waals surface area (Å²) in [6, 6.07) is 9.50. The van der Waals surface area contributed by atoms with Gasteiger partial charge in [-0.2, -0.15) is 0 Å². The predicted molar refractivity (Wildman–Crippen MR) is 157 cm³/mol. The fourth-order valence-corrected chi connectivity index (χ4v) is 4.75. The first-order valence-electron chi connectivity index (χ1n) is 15.4. The molecule has 0 aromatic heterocycles. The van der Waals surface area contributed by atoms with E-state index in [1.165, 1.54) is 89.9 Å². The van der Waals surface area contributed by atoms with Crippen molar-refractivity contribution in [3.05, 3.63) is 30.3 Å². The molecule has 1 aromatic carbocycles. The van der Waals surface area contributed by atoms with Crippen molar-refractivity contribution in [2.24, 2.45) is 0 Å². The summed E-state index contributed by atoms with van der Waals surface area (Å²) in [5.41, 5.74) is 0.750. The maximum absolute atomic E-state index is 13.4. The highest BCUT2D eigenvalue weighted by Gasteiger charge is 2.22. The first-order valence-corrected chi connectivity index (χ1v) is 15.4. The van der Waals surface area contributed by atoms with Gasteiger partial charge in [0.05, 0.1) is 13.2 Å². The van der Waals surface area contributed by atoms with Crippen LogP contribution < -0.4 is 4.90 Å². The zero-order valence-electron chi connectivity index (χ0n) is 24.4. The highest BCUT2D eigenvalue weighted by Crippen LogP contribution is 2.16. The van der Waals surface area contributed by atoms with Crippen molar-refractivity contribution in [1.29, 1.82) is 0 Å². The molecular weight excluding hydrogens is 460 g/mol. The van der Waals surface area contributed by atoms with Gasteiger partial charge < -0.3 is 9.64 Å².